The number of halogens is 2. The number of nitrogens with zero attached hydrogens (tertiary/aromatic N) is 1. The highest BCUT2D eigenvalue weighted by molar-refractivity contribution is 7.13. The van der Waals surface area contributed by atoms with Crippen LogP contribution < -0.4 is 10.1 Å². The molecule has 1 N–H and O–H groups in total. The van der Waals surface area contributed by atoms with Gasteiger partial charge in [-0.15, -0.1) is 11.3 Å². The van der Waals surface area contributed by atoms with Crippen molar-refractivity contribution >= 4 is 45.6 Å². The van der Waals surface area contributed by atoms with Crippen LogP contribution in [0.15, 0.2) is 29.8 Å². The van der Waals surface area contributed by atoms with Gasteiger partial charge >= 0.3 is 0 Å². The molecule has 0 aliphatic heterocycles. The lowest BCUT2D eigenvalue weighted by atomic mass is 10.3. The number of carbonyl (C=O) groups is 1. The molecule has 0 fully saturated rings. The highest BCUT2D eigenvalue weighted by Gasteiger charge is 2.10. The molecule has 0 spiro atoms. The number of hydrogen-bond donors (Lipinski definition) is 1. The highest BCUT2D eigenvalue weighted by atomic mass is 35.5. The smallest absolute Gasteiger partial charge is 0.264 e. The van der Waals surface area contributed by atoms with Crippen molar-refractivity contribution in [3.8, 4) is 5.75 Å². The standard InChI is InChI=1S/C11H8Cl2N2O2S/c12-7-2-1-3-8(13)10(7)17-6-9(16)15-11-14-4-5-18-11/h1-5H,6H2,(H,14,15,16). The summed E-state index contributed by atoms with van der Waals surface area (Å²) in [5.74, 6) is -0.0175. The van der Waals surface area contributed by atoms with Gasteiger partial charge in [0.2, 0.25) is 0 Å². The zero-order valence-electron chi connectivity index (χ0n) is 9.02. The Hall–Kier alpha value is -1.30. The summed E-state index contributed by atoms with van der Waals surface area (Å²) in [6.07, 6.45) is 1.60. The molecule has 4 nitrogen and oxygen atoms in total. The van der Waals surface area contributed by atoms with Gasteiger partial charge in [-0.1, -0.05) is 29.3 Å². The summed E-state index contributed by atoms with van der Waals surface area (Å²) in [6.45, 7) is -0.178. The van der Waals surface area contributed by atoms with E-state index in [0.29, 0.717) is 20.9 Å². The second-order valence-electron chi connectivity index (χ2n) is 3.22. The molecule has 1 heterocycles. The van der Waals surface area contributed by atoms with Crippen LogP contribution in [0.5, 0.6) is 5.75 Å². The Bertz CT molecular complexity index is 526. The van der Waals surface area contributed by atoms with Gasteiger partial charge in [0, 0.05) is 11.6 Å². The fourth-order valence-corrected chi connectivity index (χ4v) is 2.25. The summed E-state index contributed by atoms with van der Waals surface area (Å²) in [7, 11) is 0. The van der Waals surface area contributed by atoms with Crippen molar-refractivity contribution in [2.24, 2.45) is 0 Å². The zero-order valence-corrected chi connectivity index (χ0v) is 11.4. The topological polar surface area (TPSA) is 51.2 Å². The maximum atomic E-state index is 11.6. The normalized spacial score (nSPS) is 10.1. The van der Waals surface area contributed by atoms with Gasteiger partial charge < -0.3 is 4.74 Å². The molecule has 18 heavy (non-hydrogen) atoms. The van der Waals surface area contributed by atoms with Crippen LogP contribution in [0.1, 0.15) is 0 Å². The Morgan fingerprint density at radius 2 is 2.11 bits per heavy atom. The van der Waals surface area contributed by atoms with E-state index in [0.717, 1.165) is 0 Å². The summed E-state index contributed by atoms with van der Waals surface area (Å²) < 4.78 is 5.28. The molecule has 0 saturated heterocycles. The first-order chi connectivity index (χ1) is 8.66. The molecule has 2 aromatic rings. The van der Waals surface area contributed by atoms with Crippen molar-refractivity contribution in [3.63, 3.8) is 0 Å². The zero-order chi connectivity index (χ0) is 13.0. The van der Waals surface area contributed by atoms with Crippen LogP contribution in [-0.4, -0.2) is 17.5 Å². The van der Waals surface area contributed by atoms with E-state index >= 15 is 0 Å². The lowest BCUT2D eigenvalue weighted by molar-refractivity contribution is -0.118. The van der Waals surface area contributed by atoms with Crippen molar-refractivity contribution in [1.29, 1.82) is 0 Å². The van der Waals surface area contributed by atoms with Crippen molar-refractivity contribution in [2.45, 2.75) is 0 Å². The van der Waals surface area contributed by atoms with E-state index in [9.17, 15) is 4.79 Å². The minimum atomic E-state index is -0.319. The third-order valence-corrected chi connectivity index (χ3v) is 3.23. The van der Waals surface area contributed by atoms with E-state index in [1.165, 1.54) is 11.3 Å². The number of thiazole rings is 1. The molecule has 0 aliphatic rings. The predicted octanol–water partition coefficient (Wildman–Crippen LogP) is 3.47. The lowest BCUT2D eigenvalue weighted by Crippen LogP contribution is -2.20. The largest absolute Gasteiger partial charge is 0.481 e. The number of nitrogens with one attached hydrogen (secondary N) is 1. The summed E-state index contributed by atoms with van der Waals surface area (Å²) >= 11 is 13.1. The molecule has 94 valence electrons. The molecule has 0 unspecified atom stereocenters. The maximum absolute atomic E-state index is 11.6. The monoisotopic (exact) mass is 302 g/mol. The number of benzene rings is 1. The number of aromatic nitrogens is 1. The molecule has 0 radical (unpaired) electrons. The number of rotatable bonds is 4. The highest BCUT2D eigenvalue weighted by Crippen LogP contribution is 2.32. The molecule has 1 aromatic heterocycles. The van der Waals surface area contributed by atoms with Gasteiger partial charge in [-0.3, -0.25) is 10.1 Å². The fraction of sp³-hybridized carbons (Fsp3) is 0.0909. The first-order valence-corrected chi connectivity index (χ1v) is 6.56. The van der Waals surface area contributed by atoms with Gasteiger partial charge in [0.05, 0.1) is 10.0 Å². The van der Waals surface area contributed by atoms with Crippen LogP contribution in [0.3, 0.4) is 0 Å². The Balaban J connectivity index is 1.93. The Morgan fingerprint density at radius 1 is 1.39 bits per heavy atom. The Morgan fingerprint density at radius 3 is 2.72 bits per heavy atom. The average molecular weight is 303 g/mol. The van der Waals surface area contributed by atoms with Gasteiger partial charge in [0.15, 0.2) is 17.5 Å². The molecular weight excluding hydrogens is 295 g/mol. The SMILES string of the molecule is O=C(COc1c(Cl)cccc1Cl)Nc1nccs1. The minimum Gasteiger partial charge on any atom is -0.481 e. The third-order valence-electron chi connectivity index (χ3n) is 1.95. The van der Waals surface area contributed by atoms with Crippen LogP contribution >= 0.6 is 34.5 Å². The predicted molar refractivity (Wildman–Crippen MR) is 72.7 cm³/mol. The minimum absolute atomic E-state index is 0.178. The van der Waals surface area contributed by atoms with Crippen LogP contribution in [-0.2, 0) is 4.79 Å². The van der Waals surface area contributed by atoms with E-state index in [1.54, 1.807) is 29.8 Å². The van der Waals surface area contributed by atoms with Crippen molar-refractivity contribution in [2.75, 3.05) is 11.9 Å². The summed E-state index contributed by atoms with van der Waals surface area (Å²) in [6, 6.07) is 4.98. The van der Waals surface area contributed by atoms with Crippen LogP contribution in [0, 0.1) is 0 Å². The average Bonchev–Trinajstić information content (AvgIpc) is 2.81. The van der Waals surface area contributed by atoms with Gasteiger partial charge in [-0.25, -0.2) is 4.98 Å². The number of amides is 1. The molecule has 1 amide bonds. The summed E-state index contributed by atoms with van der Waals surface area (Å²) in [4.78, 5) is 15.5. The molecule has 0 atom stereocenters. The molecule has 0 aliphatic carbocycles. The van der Waals surface area contributed by atoms with Crippen molar-refractivity contribution in [3.05, 3.63) is 39.8 Å². The number of anilines is 1. The molecular formula is C11H8Cl2N2O2S. The third kappa shape index (κ3) is 3.35. The van der Waals surface area contributed by atoms with Gasteiger partial charge in [0.1, 0.15) is 0 Å². The second kappa shape index (κ2) is 6.04. The molecule has 7 heteroatoms. The van der Waals surface area contributed by atoms with Crippen molar-refractivity contribution < 1.29 is 9.53 Å². The van der Waals surface area contributed by atoms with E-state index in [1.807, 2.05) is 0 Å². The number of carbonyl (C=O) groups excluding carboxylic acids is 1. The number of hydrogen-bond acceptors (Lipinski definition) is 4. The maximum Gasteiger partial charge on any atom is 0.264 e. The molecule has 2 rings (SSSR count). The second-order valence-corrected chi connectivity index (χ2v) is 4.93. The number of para-hydroxylation sites is 1. The van der Waals surface area contributed by atoms with Crippen LogP contribution in [0.2, 0.25) is 10.0 Å². The van der Waals surface area contributed by atoms with E-state index in [2.05, 4.69) is 10.3 Å². The van der Waals surface area contributed by atoms with E-state index in [4.69, 9.17) is 27.9 Å². The summed E-state index contributed by atoms with van der Waals surface area (Å²) in [5, 5.41) is 5.61. The Labute approximate surface area is 118 Å². The molecule has 0 saturated carbocycles. The number of ether oxygens (including phenoxy) is 1. The first-order valence-electron chi connectivity index (χ1n) is 4.93. The quantitative estimate of drug-likeness (QED) is 0.941. The lowest BCUT2D eigenvalue weighted by Gasteiger charge is -2.08. The van der Waals surface area contributed by atoms with Crippen molar-refractivity contribution in [1.82, 2.24) is 4.98 Å². The van der Waals surface area contributed by atoms with Gasteiger partial charge in [-0.05, 0) is 12.1 Å². The van der Waals surface area contributed by atoms with E-state index < -0.39 is 0 Å². The molecule has 0 bridgehead atoms. The van der Waals surface area contributed by atoms with Crippen LogP contribution in [0.4, 0.5) is 5.13 Å². The Kier molecular flexibility index (Phi) is 4.41. The first kappa shape index (κ1) is 13.1. The van der Waals surface area contributed by atoms with Gasteiger partial charge in [-0.2, -0.15) is 0 Å². The van der Waals surface area contributed by atoms with Gasteiger partial charge in [0.25, 0.3) is 5.91 Å². The summed E-state index contributed by atoms with van der Waals surface area (Å²) in [5.41, 5.74) is 0. The van der Waals surface area contributed by atoms with E-state index in [-0.39, 0.29) is 12.5 Å². The molecule has 1 aromatic carbocycles. The van der Waals surface area contributed by atoms with Crippen LogP contribution in [0.25, 0.3) is 0 Å². The fourth-order valence-electron chi connectivity index (χ4n) is 1.20.